The summed E-state index contributed by atoms with van der Waals surface area (Å²) in [5.41, 5.74) is 1.44. The third kappa shape index (κ3) is 4.29. The molecule has 1 fully saturated rings. The van der Waals surface area contributed by atoms with Crippen molar-refractivity contribution in [3.63, 3.8) is 0 Å². The first-order chi connectivity index (χ1) is 14.0. The average Bonchev–Trinajstić information content (AvgIpc) is 3.32. The fourth-order valence-electron chi connectivity index (χ4n) is 3.96. The maximum atomic E-state index is 9.53. The van der Waals surface area contributed by atoms with E-state index in [1.165, 1.54) is 6.42 Å². The van der Waals surface area contributed by atoms with Crippen molar-refractivity contribution in [3.05, 3.63) is 53.4 Å². The van der Waals surface area contributed by atoms with E-state index in [9.17, 15) is 5.26 Å². The van der Waals surface area contributed by atoms with Crippen molar-refractivity contribution in [2.24, 2.45) is 11.8 Å². The number of aryl methyl sites for hydroxylation is 1. The summed E-state index contributed by atoms with van der Waals surface area (Å²) in [5, 5.41) is 9.53. The monoisotopic (exact) mass is 391 g/mol. The molecule has 150 valence electrons. The van der Waals surface area contributed by atoms with E-state index in [0.717, 1.165) is 24.4 Å². The molecule has 0 amide bonds. The van der Waals surface area contributed by atoms with Gasteiger partial charge in [0.05, 0.1) is 0 Å². The molecule has 3 heterocycles. The summed E-state index contributed by atoms with van der Waals surface area (Å²) in [6, 6.07) is 13.7. The minimum Gasteiger partial charge on any atom is -0.486 e. The van der Waals surface area contributed by atoms with Crippen LogP contribution >= 0.6 is 0 Å². The van der Waals surface area contributed by atoms with Crippen LogP contribution in [-0.2, 0) is 6.61 Å². The lowest BCUT2D eigenvalue weighted by atomic mass is 9.92. The normalized spacial score (nSPS) is 19.2. The Morgan fingerprint density at radius 1 is 1.17 bits per heavy atom. The maximum absolute atomic E-state index is 9.53. The van der Waals surface area contributed by atoms with Gasteiger partial charge in [0, 0.05) is 13.1 Å². The van der Waals surface area contributed by atoms with Gasteiger partial charge in [-0.3, -0.25) is 0 Å². The molecule has 0 bridgehead atoms. The van der Waals surface area contributed by atoms with Gasteiger partial charge in [0.15, 0.2) is 5.76 Å². The number of hydrogen-bond donors (Lipinski definition) is 0. The van der Waals surface area contributed by atoms with Gasteiger partial charge in [0.2, 0.25) is 11.6 Å². The van der Waals surface area contributed by atoms with Crippen LogP contribution in [0.4, 0.5) is 5.88 Å². The molecule has 1 aliphatic rings. The number of oxazole rings is 1. The Kier molecular flexibility index (Phi) is 5.30. The van der Waals surface area contributed by atoms with E-state index in [4.69, 9.17) is 13.6 Å². The first kappa shape index (κ1) is 19.1. The summed E-state index contributed by atoms with van der Waals surface area (Å²) in [6.07, 6.45) is 1.18. The van der Waals surface area contributed by atoms with Gasteiger partial charge in [-0.05, 0) is 55.0 Å². The van der Waals surface area contributed by atoms with Crippen LogP contribution in [0.2, 0.25) is 0 Å². The topological polar surface area (TPSA) is 75.4 Å². The van der Waals surface area contributed by atoms with E-state index < -0.39 is 0 Å². The molecular weight excluding hydrogens is 366 g/mol. The second-order valence-corrected chi connectivity index (χ2v) is 8.01. The predicted octanol–water partition coefficient (Wildman–Crippen LogP) is 5.18. The second kappa shape index (κ2) is 8.04. The van der Waals surface area contributed by atoms with E-state index in [0.29, 0.717) is 47.4 Å². The average molecular weight is 391 g/mol. The molecule has 1 aliphatic heterocycles. The Balaban J connectivity index is 1.50. The first-order valence-corrected chi connectivity index (χ1v) is 9.96. The number of aromatic nitrogens is 1. The number of benzene rings is 1. The number of nitriles is 1. The van der Waals surface area contributed by atoms with Gasteiger partial charge in [-0.1, -0.05) is 26.0 Å². The van der Waals surface area contributed by atoms with Crippen LogP contribution in [-0.4, -0.2) is 18.1 Å². The highest BCUT2D eigenvalue weighted by Crippen LogP contribution is 2.33. The van der Waals surface area contributed by atoms with Crippen LogP contribution in [0.15, 0.2) is 45.2 Å². The van der Waals surface area contributed by atoms with Crippen molar-refractivity contribution in [1.82, 2.24) is 4.98 Å². The van der Waals surface area contributed by atoms with Crippen LogP contribution < -0.4 is 9.64 Å². The van der Waals surface area contributed by atoms with Gasteiger partial charge < -0.3 is 18.5 Å². The van der Waals surface area contributed by atoms with Crippen LogP contribution in [0.3, 0.4) is 0 Å². The standard InChI is InChI=1S/C23H25N3O3/c1-15-5-4-6-18(10-15)27-14-19-7-8-21(28-19)22-25-20(11-24)23(29-22)26-12-16(2)9-17(3)13-26/h4-8,10,16-17H,9,12-14H2,1-3H3. The zero-order valence-corrected chi connectivity index (χ0v) is 17.0. The second-order valence-electron chi connectivity index (χ2n) is 8.01. The highest BCUT2D eigenvalue weighted by atomic mass is 16.5. The molecule has 6 heteroatoms. The molecular formula is C23H25N3O3. The van der Waals surface area contributed by atoms with Crippen molar-refractivity contribution in [2.75, 3.05) is 18.0 Å². The van der Waals surface area contributed by atoms with Gasteiger partial charge in [0.1, 0.15) is 24.2 Å². The Morgan fingerprint density at radius 3 is 2.69 bits per heavy atom. The summed E-state index contributed by atoms with van der Waals surface area (Å²) in [7, 11) is 0. The molecule has 3 aromatic rings. The number of anilines is 1. The summed E-state index contributed by atoms with van der Waals surface area (Å²) in [4.78, 5) is 6.49. The molecule has 0 N–H and O–H groups in total. The summed E-state index contributed by atoms with van der Waals surface area (Å²) < 4.78 is 17.6. The van der Waals surface area contributed by atoms with Gasteiger partial charge >= 0.3 is 0 Å². The van der Waals surface area contributed by atoms with E-state index in [1.54, 1.807) is 6.07 Å². The van der Waals surface area contributed by atoms with E-state index in [2.05, 4.69) is 29.8 Å². The van der Waals surface area contributed by atoms with Crippen molar-refractivity contribution < 1.29 is 13.6 Å². The van der Waals surface area contributed by atoms with Crippen LogP contribution in [0.25, 0.3) is 11.7 Å². The lowest BCUT2D eigenvalue weighted by molar-refractivity contribution is 0.271. The highest BCUT2D eigenvalue weighted by molar-refractivity contribution is 5.56. The Bertz CT molecular complexity index is 1020. The van der Waals surface area contributed by atoms with Crippen molar-refractivity contribution in [1.29, 1.82) is 5.26 Å². The molecule has 0 saturated carbocycles. The van der Waals surface area contributed by atoms with Crippen LogP contribution in [0.1, 0.15) is 37.3 Å². The molecule has 29 heavy (non-hydrogen) atoms. The number of ether oxygens (including phenoxy) is 1. The third-order valence-electron chi connectivity index (χ3n) is 5.11. The number of hydrogen-bond acceptors (Lipinski definition) is 6. The number of rotatable bonds is 5. The van der Waals surface area contributed by atoms with Crippen molar-refractivity contribution in [3.8, 4) is 23.5 Å². The molecule has 6 nitrogen and oxygen atoms in total. The van der Waals surface area contributed by atoms with Crippen LogP contribution in [0, 0.1) is 30.1 Å². The van der Waals surface area contributed by atoms with Gasteiger partial charge in [-0.15, -0.1) is 0 Å². The lowest BCUT2D eigenvalue weighted by Gasteiger charge is -2.34. The maximum Gasteiger partial charge on any atom is 0.266 e. The van der Waals surface area contributed by atoms with Gasteiger partial charge in [0.25, 0.3) is 5.89 Å². The molecule has 1 saturated heterocycles. The third-order valence-corrected chi connectivity index (χ3v) is 5.11. The fraction of sp³-hybridized carbons (Fsp3) is 0.391. The first-order valence-electron chi connectivity index (χ1n) is 9.96. The molecule has 2 unspecified atom stereocenters. The number of nitrogens with zero attached hydrogens (tertiary/aromatic N) is 3. The Hall–Kier alpha value is -3.20. The predicted molar refractivity (Wildman–Crippen MR) is 110 cm³/mol. The lowest BCUT2D eigenvalue weighted by Crippen LogP contribution is -2.38. The molecule has 0 spiro atoms. The SMILES string of the molecule is Cc1cccc(OCc2ccc(-c3nc(C#N)c(N4CC(C)CC(C)C4)o3)o2)c1. The van der Waals surface area contributed by atoms with Gasteiger partial charge in [-0.2, -0.15) is 10.2 Å². The summed E-state index contributed by atoms with van der Waals surface area (Å²) in [6.45, 7) is 8.50. The minimum absolute atomic E-state index is 0.301. The van der Waals surface area contributed by atoms with Crippen molar-refractivity contribution in [2.45, 2.75) is 33.8 Å². The minimum atomic E-state index is 0.301. The Labute approximate surface area is 170 Å². The number of furan rings is 1. The molecule has 0 radical (unpaired) electrons. The molecule has 2 atom stereocenters. The van der Waals surface area contributed by atoms with Gasteiger partial charge in [-0.25, -0.2) is 0 Å². The Morgan fingerprint density at radius 2 is 1.97 bits per heavy atom. The molecule has 2 aromatic heterocycles. The zero-order chi connectivity index (χ0) is 20.4. The number of piperidine rings is 1. The largest absolute Gasteiger partial charge is 0.486 e. The van der Waals surface area contributed by atoms with Crippen LogP contribution in [0.5, 0.6) is 5.75 Å². The van der Waals surface area contributed by atoms with E-state index in [-0.39, 0.29) is 0 Å². The quantitative estimate of drug-likeness (QED) is 0.597. The molecule has 0 aliphatic carbocycles. The highest BCUT2D eigenvalue weighted by Gasteiger charge is 2.28. The van der Waals surface area contributed by atoms with E-state index >= 15 is 0 Å². The van der Waals surface area contributed by atoms with E-state index in [1.807, 2.05) is 37.3 Å². The smallest absolute Gasteiger partial charge is 0.266 e. The molecule has 4 rings (SSSR count). The summed E-state index contributed by atoms with van der Waals surface area (Å²) in [5.74, 6) is 3.91. The molecule has 1 aromatic carbocycles. The zero-order valence-electron chi connectivity index (χ0n) is 17.0. The fourth-order valence-corrected chi connectivity index (χ4v) is 3.96. The van der Waals surface area contributed by atoms with Crippen molar-refractivity contribution >= 4 is 5.88 Å². The summed E-state index contributed by atoms with van der Waals surface area (Å²) >= 11 is 0.